The Kier molecular flexibility index (Phi) is 7.78. The van der Waals surface area contributed by atoms with Gasteiger partial charge in [0, 0.05) is 31.6 Å². The van der Waals surface area contributed by atoms with Crippen LogP contribution in [0.15, 0.2) is 53.4 Å². The molecule has 1 aliphatic heterocycles. The normalized spacial score (nSPS) is 14.7. The highest BCUT2D eigenvalue weighted by atomic mass is 32.2. The monoisotopic (exact) mass is 446 g/mol. The van der Waals surface area contributed by atoms with Gasteiger partial charge in [-0.25, -0.2) is 8.42 Å². The van der Waals surface area contributed by atoms with E-state index >= 15 is 0 Å². The van der Waals surface area contributed by atoms with Crippen molar-refractivity contribution >= 4 is 21.7 Å². The summed E-state index contributed by atoms with van der Waals surface area (Å²) < 4.78 is 38.0. The largest absolute Gasteiger partial charge is 0.484 e. The van der Waals surface area contributed by atoms with Crippen LogP contribution in [0.3, 0.4) is 0 Å². The number of hydrogen-bond acceptors (Lipinski definition) is 6. The Morgan fingerprint density at radius 3 is 2.42 bits per heavy atom. The number of Topliss-reactive ketones (excluding diaryl/α,β-unsaturated/α-hetero) is 1. The van der Waals surface area contributed by atoms with Gasteiger partial charge in [0.05, 0.1) is 18.1 Å². The van der Waals surface area contributed by atoms with Crippen molar-refractivity contribution in [1.82, 2.24) is 9.62 Å². The zero-order valence-electron chi connectivity index (χ0n) is 17.4. The number of sulfonamides is 1. The third kappa shape index (κ3) is 5.90. The number of hydrogen-bond donors (Lipinski definition) is 1. The summed E-state index contributed by atoms with van der Waals surface area (Å²) in [7, 11) is -3.67. The second-order valence-corrected chi connectivity index (χ2v) is 8.90. The zero-order chi connectivity index (χ0) is 22.3. The predicted molar refractivity (Wildman–Crippen MR) is 114 cm³/mol. The number of ether oxygens (including phenoxy) is 2. The number of nitrogens with one attached hydrogen (secondary N) is 1. The van der Waals surface area contributed by atoms with Crippen molar-refractivity contribution in [1.29, 1.82) is 0 Å². The van der Waals surface area contributed by atoms with E-state index in [4.69, 9.17) is 9.47 Å². The molecule has 2 aromatic carbocycles. The molecular formula is C22H26N2O6S. The molecule has 0 bridgehead atoms. The van der Waals surface area contributed by atoms with Crippen molar-refractivity contribution in [2.24, 2.45) is 0 Å². The minimum atomic E-state index is -3.67. The lowest BCUT2D eigenvalue weighted by atomic mass is 10.1. The third-order valence-corrected chi connectivity index (χ3v) is 6.90. The minimum absolute atomic E-state index is 0.0370. The molecule has 3 rings (SSSR count). The van der Waals surface area contributed by atoms with E-state index in [1.807, 2.05) is 0 Å². The van der Waals surface area contributed by atoms with Gasteiger partial charge in [-0.1, -0.05) is 25.1 Å². The second kappa shape index (κ2) is 10.5. The van der Waals surface area contributed by atoms with E-state index in [9.17, 15) is 18.0 Å². The number of amides is 1. The molecule has 1 heterocycles. The summed E-state index contributed by atoms with van der Waals surface area (Å²) in [6.45, 7) is 2.97. The average Bonchev–Trinajstić information content (AvgIpc) is 2.82. The summed E-state index contributed by atoms with van der Waals surface area (Å²) in [4.78, 5) is 24.0. The minimum Gasteiger partial charge on any atom is -0.484 e. The Morgan fingerprint density at radius 2 is 1.74 bits per heavy atom. The molecule has 0 atom stereocenters. The molecule has 0 radical (unpaired) electrons. The fraction of sp³-hybridized carbons (Fsp3) is 0.364. The van der Waals surface area contributed by atoms with Crippen molar-refractivity contribution in [3.05, 3.63) is 59.7 Å². The van der Waals surface area contributed by atoms with Crippen LogP contribution in [0.1, 0.15) is 29.3 Å². The van der Waals surface area contributed by atoms with E-state index in [0.29, 0.717) is 49.6 Å². The highest BCUT2D eigenvalue weighted by Gasteiger charge is 2.28. The molecule has 0 unspecified atom stereocenters. The van der Waals surface area contributed by atoms with E-state index in [0.717, 1.165) is 0 Å². The number of ketones is 1. The highest BCUT2D eigenvalue weighted by molar-refractivity contribution is 7.89. The van der Waals surface area contributed by atoms with Crippen molar-refractivity contribution in [3.8, 4) is 5.75 Å². The Bertz CT molecular complexity index is 1010. The van der Waals surface area contributed by atoms with Crippen LogP contribution in [0, 0.1) is 0 Å². The fourth-order valence-electron chi connectivity index (χ4n) is 3.16. The molecule has 1 saturated heterocycles. The zero-order valence-corrected chi connectivity index (χ0v) is 18.2. The van der Waals surface area contributed by atoms with Crippen LogP contribution in [-0.4, -0.2) is 57.3 Å². The predicted octanol–water partition coefficient (Wildman–Crippen LogP) is 2.00. The van der Waals surface area contributed by atoms with Gasteiger partial charge in [-0.3, -0.25) is 9.59 Å². The summed E-state index contributed by atoms with van der Waals surface area (Å²) >= 11 is 0. The first-order chi connectivity index (χ1) is 14.9. The number of morpholine rings is 1. The van der Waals surface area contributed by atoms with E-state index < -0.39 is 10.0 Å². The topological polar surface area (TPSA) is 102 Å². The van der Waals surface area contributed by atoms with Gasteiger partial charge in [0.2, 0.25) is 10.0 Å². The smallest absolute Gasteiger partial charge is 0.258 e. The van der Waals surface area contributed by atoms with Crippen LogP contribution in [-0.2, 0) is 26.1 Å². The lowest BCUT2D eigenvalue weighted by Crippen LogP contribution is -2.41. The SMILES string of the molecule is CCC(=O)c1ccc(OCC(=O)NCc2ccccc2S(=O)(=O)N2CCOCC2)cc1. The number of carbonyl (C=O) groups excluding carboxylic acids is 2. The lowest BCUT2D eigenvalue weighted by molar-refractivity contribution is -0.123. The fourth-order valence-corrected chi connectivity index (χ4v) is 4.79. The summed E-state index contributed by atoms with van der Waals surface area (Å²) in [5.74, 6) is 0.125. The standard InChI is InChI=1S/C22H26N2O6S/c1-2-20(25)17-7-9-19(10-8-17)30-16-22(26)23-15-18-5-3-4-6-21(18)31(27,28)24-11-13-29-14-12-24/h3-10H,2,11-16H2,1H3,(H,23,26). The molecule has 0 aliphatic carbocycles. The molecule has 0 spiro atoms. The molecule has 8 nitrogen and oxygen atoms in total. The van der Waals surface area contributed by atoms with E-state index in [1.54, 1.807) is 55.5 Å². The molecule has 31 heavy (non-hydrogen) atoms. The summed E-state index contributed by atoms with van der Waals surface area (Å²) in [6.07, 6.45) is 0.422. The first-order valence-electron chi connectivity index (χ1n) is 10.1. The quantitative estimate of drug-likeness (QED) is 0.591. The number of carbonyl (C=O) groups is 2. The van der Waals surface area contributed by atoms with Crippen LogP contribution in [0.4, 0.5) is 0 Å². The Labute approximate surface area is 182 Å². The summed E-state index contributed by atoms with van der Waals surface area (Å²) in [6, 6.07) is 13.2. The molecule has 1 N–H and O–H groups in total. The van der Waals surface area contributed by atoms with Gasteiger partial charge in [0.1, 0.15) is 5.75 Å². The van der Waals surface area contributed by atoms with Crippen LogP contribution >= 0.6 is 0 Å². The van der Waals surface area contributed by atoms with Gasteiger partial charge < -0.3 is 14.8 Å². The van der Waals surface area contributed by atoms with Gasteiger partial charge >= 0.3 is 0 Å². The maximum absolute atomic E-state index is 13.0. The lowest BCUT2D eigenvalue weighted by Gasteiger charge is -2.27. The first-order valence-corrected chi connectivity index (χ1v) is 11.5. The maximum Gasteiger partial charge on any atom is 0.258 e. The van der Waals surface area contributed by atoms with Crippen LogP contribution in [0.25, 0.3) is 0 Å². The maximum atomic E-state index is 13.0. The van der Waals surface area contributed by atoms with Gasteiger partial charge in [0.15, 0.2) is 12.4 Å². The molecule has 0 aromatic heterocycles. The van der Waals surface area contributed by atoms with Crippen LogP contribution in [0.5, 0.6) is 5.75 Å². The molecule has 1 amide bonds. The first kappa shape index (κ1) is 22.9. The second-order valence-electron chi connectivity index (χ2n) is 6.99. The van der Waals surface area contributed by atoms with Gasteiger partial charge in [0.25, 0.3) is 5.91 Å². The molecule has 166 valence electrons. The van der Waals surface area contributed by atoms with Crippen molar-refractivity contribution in [2.75, 3.05) is 32.9 Å². The molecular weight excluding hydrogens is 420 g/mol. The average molecular weight is 447 g/mol. The third-order valence-electron chi connectivity index (χ3n) is 4.90. The van der Waals surface area contributed by atoms with Crippen molar-refractivity contribution in [2.45, 2.75) is 24.8 Å². The van der Waals surface area contributed by atoms with E-state index in [-0.39, 0.29) is 29.7 Å². The molecule has 1 aliphatic rings. The molecule has 2 aromatic rings. The van der Waals surface area contributed by atoms with Crippen molar-refractivity contribution in [3.63, 3.8) is 0 Å². The molecule has 0 saturated carbocycles. The number of benzene rings is 2. The van der Waals surface area contributed by atoms with E-state index in [2.05, 4.69) is 5.32 Å². The number of rotatable bonds is 9. The van der Waals surface area contributed by atoms with Gasteiger partial charge in [-0.2, -0.15) is 4.31 Å². The van der Waals surface area contributed by atoms with Gasteiger partial charge in [-0.05, 0) is 35.9 Å². The Hall–Kier alpha value is -2.75. The van der Waals surface area contributed by atoms with Crippen molar-refractivity contribution < 1.29 is 27.5 Å². The summed E-state index contributed by atoms with van der Waals surface area (Å²) in [5, 5.41) is 2.70. The van der Waals surface area contributed by atoms with Gasteiger partial charge in [-0.15, -0.1) is 0 Å². The molecule has 1 fully saturated rings. The Balaban J connectivity index is 1.57. The van der Waals surface area contributed by atoms with Crippen LogP contribution < -0.4 is 10.1 Å². The Morgan fingerprint density at radius 1 is 1.06 bits per heavy atom. The van der Waals surface area contributed by atoms with Crippen LogP contribution in [0.2, 0.25) is 0 Å². The summed E-state index contributed by atoms with van der Waals surface area (Å²) in [5.41, 5.74) is 1.10. The molecule has 9 heteroatoms. The number of nitrogens with zero attached hydrogens (tertiary/aromatic N) is 1. The van der Waals surface area contributed by atoms with E-state index in [1.165, 1.54) is 4.31 Å². The highest BCUT2D eigenvalue weighted by Crippen LogP contribution is 2.21.